The predicted molar refractivity (Wildman–Crippen MR) is 84.1 cm³/mol. The van der Waals surface area contributed by atoms with Gasteiger partial charge < -0.3 is 0 Å². The zero-order valence-electron chi connectivity index (χ0n) is 12.0. The van der Waals surface area contributed by atoms with Crippen molar-refractivity contribution in [2.75, 3.05) is 0 Å². The Morgan fingerprint density at radius 2 is 1.84 bits per heavy atom. The van der Waals surface area contributed by atoms with E-state index in [1.54, 1.807) is 0 Å². The zero-order valence-corrected chi connectivity index (χ0v) is 12.8. The topological polar surface area (TPSA) is 17.1 Å². The van der Waals surface area contributed by atoms with Crippen LogP contribution in [0, 0.1) is 0 Å². The van der Waals surface area contributed by atoms with Gasteiger partial charge in [-0.2, -0.15) is 0 Å². The molecule has 0 saturated heterocycles. The number of hydrogen-bond acceptors (Lipinski definition) is 2. The summed E-state index contributed by atoms with van der Waals surface area (Å²) in [6.07, 6.45) is 7.65. The number of ketones is 1. The molecule has 19 heavy (non-hydrogen) atoms. The molecule has 2 heteroatoms. The number of hydrogen-bond donors (Lipinski definition) is 0. The van der Waals surface area contributed by atoms with Gasteiger partial charge in [0, 0.05) is 10.8 Å². The number of thioether (sulfide) groups is 1. The van der Waals surface area contributed by atoms with Gasteiger partial charge in [-0.3, -0.25) is 4.79 Å². The molecule has 0 spiro atoms. The summed E-state index contributed by atoms with van der Waals surface area (Å²) >= 11 is 1.88. The van der Waals surface area contributed by atoms with E-state index < -0.39 is 0 Å². The third-order valence-corrected chi connectivity index (χ3v) is 5.44. The van der Waals surface area contributed by atoms with E-state index in [9.17, 15) is 4.79 Å². The highest BCUT2D eigenvalue weighted by Crippen LogP contribution is 2.32. The van der Waals surface area contributed by atoms with Crippen molar-refractivity contribution in [3.63, 3.8) is 0 Å². The van der Waals surface area contributed by atoms with Gasteiger partial charge in [-0.25, -0.2) is 0 Å². The van der Waals surface area contributed by atoms with Crippen molar-refractivity contribution in [1.29, 1.82) is 0 Å². The number of carbonyl (C=O) groups is 1. The summed E-state index contributed by atoms with van der Waals surface area (Å²) in [4.78, 5) is 12.4. The van der Waals surface area contributed by atoms with Crippen LogP contribution in [0.5, 0.6) is 0 Å². The standard InChI is InChI=1S/C17H24OS/c1-3-14-9-11-15(12-10-14)17(18)13(2)19-16-7-5-4-6-8-16/h9-13,16H,3-8H2,1-2H3. The van der Waals surface area contributed by atoms with E-state index in [1.165, 1.54) is 37.7 Å². The molecule has 1 aliphatic rings. The van der Waals surface area contributed by atoms with Gasteiger partial charge in [0.25, 0.3) is 0 Å². The normalized spacial score (nSPS) is 18.2. The lowest BCUT2D eigenvalue weighted by Crippen LogP contribution is -2.19. The van der Waals surface area contributed by atoms with Crippen molar-refractivity contribution in [2.45, 2.75) is 62.9 Å². The van der Waals surface area contributed by atoms with Crippen LogP contribution in [0.15, 0.2) is 24.3 Å². The molecule has 0 amide bonds. The maximum atomic E-state index is 12.4. The molecule has 1 atom stereocenters. The molecule has 1 unspecified atom stereocenters. The van der Waals surface area contributed by atoms with Gasteiger partial charge in [0.05, 0.1) is 5.25 Å². The van der Waals surface area contributed by atoms with E-state index in [-0.39, 0.29) is 5.25 Å². The average Bonchev–Trinajstić information content (AvgIpc) is 2.47. The Kier molecular flexibility index (Phi) is 5.50. The third-order valence-electron chi connectivity index (χ3n) is 3.96. The number of aryl methyl sites for hydroxylation is 1. The van der Waals surface area contributed by atoms with Crippen LogP contribution in [0.4, 0.5) is 0 Å². The van der Waals surface area contributed by atoms with E-state index >= 15 is 0 Å². The summed E-state index contributed by atoms with van der Waals surface area (Å²) in [6, 6.07) is 8.12. The number of carbonyl (C=O) groups excluding carboxylic acids is 1. The largest absolute Gasteiger partial charge is 0.293 e. The highest BCUT2D eigenvalue weighted by Gasteiger charge is 2.22. The summed E-state index contributed by atoms with van der Waals surface area (Å²) in [5.74, 6) is 0.290. The molecule has 104 valence electrons. The number of Topliss-reactive ketones (excluding diaryl/α,β-unsaturated/α-hetero) is 1. The van der Waals surface area contributed by atoms with Gasteiger partial charge in [0.2, 0.25) is 0 Å². The third kappa shape index (κ3) is 4.10. The number of rotatable bonds is 5. The lowest BCUT2D eigenvalue weighted by Gasteiger charge is -2.23. The minimum absolute atomic E-state index is 0.0931. The summed E-state index contributed by atoms with van der Waals surface area (Å²) < 4.78 is 0. The van der Waals surface area contributed by atoms with Crippen molar-refractivity contribution in [2.24, 2.45) is 0 Å². The van der Waals surface area contributed by atoms with Gasteiger partial charge in [0.1, 0.15) is 0 Å². The van der Waals surface area contributed by atoms with E-state index in [2.05, 4.69) is 26.0 Å². The van der Waals surface area contributed by atoms with Crippen LogP contribution >= 0.6 is 11.8 Å². The molecule has 0 bridgehead atoms. The van der Waals surface area contributed by atoms with Crippen molar-refractivity contribution in [3.8, 4) is 0 Å². The van der Waals surface area contributed by atoms with Gasteiger partial charge >= 0.3 is 0 Å². The molecule has 1 aliphatic carbocycles. The van der Waals surface area contributed by atoms with Crippen LogP contribution in [-0.2, 0) is 6.42 Å². The van der Waals surface area contributed by atoms with E-state index in [0.29, 0.717) is 11.0 Å². The molecule has 1 fully saturated rings. The summed E-state index contributed by atoms with van der Waals surface area (Å²) in [7, 11) is 0. The Morgan fingerprint density at radius 3 is 2.42 bits per heavy atom. The first-order chi connectivity index (χ1) is 9.20. The highest BCUT2D eigenvalue weighted by molar-refractivity contribution is 8.01. The SMILES string of the molecule is CCc1ccc(C(=O)C(C)SC2CCCCC2)cc1. The summed E-state index contributed by atoms with van der Waals surface area (Å²) in [5.41, 5.74) is 2.16. The number of benzene rings is 1. The van der Waals surface area contributed by atoms with Gasteiger partial charge in [-0.1, -0.05) is 50.5 Å². The molecule has 0 heterocycles. The average molecular weight is 276 g/mol. The van der Waals surface area contributed by atoms with Crippen LogP contribution in [-0.4, -0.2) is 16.3 Å². The van der Waals surface area contributed by atoms with Crippen LogP contribution < -0.4 is 0 Å². The second-order valence-corrected chi connectivity index (χ2v) is 7.10. The molecular formula is C17H24OS. The monoisotopic (exact) mass is 276 g/mol. The van der Waals surface area contributed by atoms with Crippen molar-refractivity contribution >= 4 is 17.5 Å². The molecule has 1 aromatic carbocycles. The lowest BCUT2D eigenvalue weighted by molar-refractivity contribution is 0.0993. The Labute approximate surface area is 121 Å². The van der Waals surface area contributed by atoms with Crippen LogP contribution in [0.25, 0.3) is 0 Å². The molecule has 0 radical (unpaired) electrons. The maximum Gasteiger partial charge on any atom is 0.175 e. The predicted octanol–water partition coefficient (Wildman–Crippen LogP) is 4.89. The summed E-state index contributed by atoms with van der Waals surface area (Å²) in [5, 5.41) is 0.790. The van der Waals surface area contributed by atoms with E-state index in [1.807, 2.05) is 23.9 Å². The maximum absolute atomic E-state index is 12.4. The molecule has 0 N–H and O–H groups in total. The van der Waals surface area contributed by atoms with Crippen LogP contribution in [0.3, 0.4) is 0 Å². The smallest absolute Gasteiger partial charge is 0.175 e. The molecule has 1 nitrogen and oxygen atoms in total. The van der Waals surface area contributed by atoms with Crippen molar-refractivity contribution < 1.29 is 4.79 Å². The fourth-order valence-electron chi connectivity index (χ4n) is 2.69. The fraction of sp³-hybridized carbons (Fsp3) is 0.588. The van der Waals surface area contributed by atoms with E-state index in [4.69, 9.17) is 0 Å². The fourth-order valence-corrected chi connectivity index (χ4v) is 4.13. The first-order valence-electron chi connectivity index (χ1n) is 7.49. The van der Waals surface area contributed by atoms with Crippen molar-refractivity contribution in [1.82, 2.24) is 0 Å². The summed E-state index contributed by atoms with van der Waals surface area (Å²) in [6.45, 7) is 4.20. The molecular weight excluding hydrogens is 252 g/mol. The molecule has 1 aromatic rings. The first kappa shape index (κ1) is 14.6. The van der Waals surface area contributed by atoms with Gasteiger partial charge in [0.15, 0.2) is 5.78 Å². The Balaban J connectivity index is 1.93. The lowest BCUT2D eigenvalue weighted by atomic mass is 10.0. The van der Waals surface area contributed by atoms with Crippen LogP contribution in [0.2, 0.25) is 0 Å². The Hall–Kier alpha value is -0.760. The minimum Gasteiger partial charge on any atom is -0.293 e. The Morgan fingerprint density at radius 1 is 1.21 bits per heavy atom. The van der Waals surface area contributed by atoms with E-state index in [0.717, 1.165) is 12.0 Å². The van der Waals surface area contributed by atoms with Gasteiger partial charge in [-0.05, 0) is 31.7 Å². The molecule has 1 saturated carbocycles. The Bertz CT molecular complexity index is 404. The second kappa shape index (κ2) is 7.14. The van der Waals surface area contributed by atoms with Gasteiger partial charge in [-0.15, -0.1) is 11.8 Å². The minimum atomic E-state index is 0.0931. The molecule has 0 aliphatic heterocycles. The van der Waals surface area contributed by atoms with Crippen LogP contribution in [0.1, 0.15) is 61.9 Å². The second-order valence-electron chi connectivity index (χ2n) is 5.45. The molecule has 2 rings (SSSR count). The van der Waals surface area contributed by atoms with Crippen molar-refractivity contribution in [3.05, 3.63) is 35.4 Å². The quantitative estimate of drug-likeness (QED) is 0.712. The first-order valence-corrected chi connectivity index (χ1v) is 8.43. The zero-order chi connectivity index (χ0) is 13.7. The molecule has 0 aromatic heterocycles. The highest BCUT2D eigenvalue weighted by atomic mass is 32.2.